The third-order valence-electron chi connectivity index (χ3n) is 5.64. The number of fused-ring (bicyclic) bond motifs is 1. The largest absolute Gasteiger partial charge is 0.498 e. The standard InChI is InChI=1S/C20H23BFN3O2/c1-12-9-14-16(24-18(12)13-10-23-25(6)11-13)8-7-15(22)17(14)21-26-19(2,3)20(4,5)27-21/h7-11H,1-6H3. The molecule has 4 rings (SSSR count). The van der Waals surface area contributed by atoms with Crippen molar-refractivity contribution in [3.05, 3.63) is 42.0 Å². The summed E-state index contributed by atoms with van der Waals surface area (Å²) in [6.45, 7) is 9.80. The van der Waals surface area contributed by atoms with Gasteiger partial charge in [-0.2, -0.15) is 5.10 Å². The predicted molar refractivity (Wildman–Crippen MR) is 104 cm³/mol. The predicted octanol–water partition coefficient (Wildman–Crippen LogP) is 3.38. The van der Waals surface area contributed by atoms with Crippen LogP contribution in [0.5, 0.6) is 0 Å². The highest BCUT2D eigenvalue weighted by Crippen LogP contribution is 2.37. The van der Waals surface area contributed by atoms with Crippen LogP contribution in [-0.4, -0.2) is 33.1 Å². The SMILES string of the molecule is Cc1cc2c(B3OC(C)(C)C(C)(C)O3)c(F)ccc2nc1-c1cnn(C)c1. The summed E-state index contributed by atoms with van der Waals surface area (Å²) in [4.78, 5) is 4.77. The molecule has 0 radical (unpaired) electrons. The lowest BCUT2D eigenvalue weighted by atomic mass is 9.76. The number of nitrogens with zero attached hydrogens (tertiary/aromatic N) is 3. The fourth-order valence-corrected chi connectivity index (χ4v) is 3.38. The van der Waals surface area contributed by atoms with E-state index in [0.29, 0.717) is 16.4 Å². The molecule has 5 nitrogen and oxygen atoms in total. The minimum absolute atomic E-state index is 0.351. The Hall–Kier alpha value is -2.25. The minimum atomic E-state index is -0.774. The van der Waals surface area contributed by atoms with E-state index in [1.54, 1.807) is 16.9 Å². The molecule has 0 saturated carbocycles. The zero-order chi connectivity index (χ0) is 19.6. The molecule has 0 spiro atoms. The molecular formula is C20H23BFN3O2. The maximum atomic E-state index is 14.8. The van der Waals surface area contributed by atoms with E-state index in [-0.39, 0.29) is 5.82 Å². The number of pyridine rings is 1. The quantitative estimate of drug-likeness (QED) is 0.652. The smallest absolute Gasteiger partial charge is 0.399 e. The lowest BCUT2D eigenvalue weighted by Gasteiger charge is -2.32. The van der Waals surface area contributed by atoms with Crippen LogP contribution in [0.1, 0.15) is 33.3 Å². The van der Waals surface area contributed by atoms with Gasteiger partial charge >= 0.3 is 7.12 Å². The van der Waals surface area contributed by atoms with Gasteiger partial charge in [0.25, 0.3) is 0 Å². The van der Waals surface area contributed by atoms with Gasteiger partial charge in [0, 0.05) is 29.7 Å². The molecule has 1 aromatic carbocycles. The van der Waals surface area contributed by atoms with Crippen LogP contribution >= 0.6 is 0 Å². The molecule has 0 amide bonds. The van der Waals surface area contributed by atoms with Crippen molar-refractivity contribution in [1.29, 1.82) is 0 Å². The second kappa shape index (κ2) is 5.88. The van der Waals surface area contributed by atoms with E-state index in [1.807, 2.05) is 53.9 Å². The van der Waals surface area contributed by atoms with Crippen molar-refractivity contribution >= 4 is 23.5 Å². The van der Waals surface area contributed by atoms with E-state index in [4.69, 9.17) is 14.3 Å². The zero-order valence-electron chi connectivity index (χ0n) is 16.5. The maximum Gasteiger partial charge on any atom is 0.498 e. The van der Waals surface area contributed by atoms with Crippen molar-refractivity contribution in [2.45, 2.75) is 45.8 Å². The highest BCUT2D eigenvalue weighted by atomic mass is 19.1. The average Bonchev–Trinajstić information content (AvgIpc) is 3.07. The van der Waals surface area contributed by atoms with Gasteiger partial charge in [-0.1, -0.05) is 0 Å². The fourth-order valence-electron chi connectivity index (χ4n) is 3.38. The number of benzene rings is 1. The Bertz CT molecular complexity index is 1030. The maximum absolute atomic E-state index is 14.8. The van der Waals surface area contributed by atoms with Crippen LogP contribution in [0.2, 0.25) is 0 Å². The second-order valence-electron chi connectivity index (χ2n) is 8.17. The molecule has 0 atom stereocenters. The second-order valence-corrected chi connectivity index (χ2v) is 8.17. The molecule has 0 aliphatic carbocycles. The molecule has 0 bridgehead atoms. The van der Waals surface area contributed by atoms with Crippen LogP contribution in [0, 0.1) is 12.7 Å². The first-order valence-electron chi connectivity index (χ1n) is 9.03. The van der Waals surface area contributed by atoms with E-state index in [0.717, 1.165) is 16.8 Å². The van der Waals surface area contributed by atoms with E-state index >= 15 is 0 Å². The van der Waals surface area contributed by atoms with E-state index in [1.165, 1.54) is 6.07 Å². The molecule has 2 aromatic heterocycles. The molecule has 27 heavy (non-hydrogen) atoms. The normalized spacial score (nSPS) is 18.4. The molecule has 1 aliphatic heterocycles. The summed E-state index contributed by atoms with van der Waals surface area (Å²) in [7, 11) is 1.09. The van der Waals surface area contributed by atoms with E-state index in [9.17, 15) is 4.39 Å². The molecule has 3 heterocycles. The first-order chi connectivity index (χ1) is 12.6. The van der Waals surface area contributed by atoms with Crippen LogP contribution in [0.15, 0.2) is 30.6 Å². The number of aryl methyl sites for hydroxylation is 2. The van der Waals surface area contributed by atoms with Gasteiger partial charge in [0.1, 0.15) is 5.82 Å². The molecule has 1 saturated heterocycles. The van der Waals surface area contributed by atoms with Crippen molar-refractivity contribution in [3.8, 4) is 11.3 Å². The van der Waals surface area contributed by atoms with Gasteiger partial charge in [0.2, 0.25) is 0 Å². The van der Waals surface area contributed by atoms with Crippen molar-refractivity contribution in [3.63, 3.8) is 0 Å². The Morgan fingerprint density at radius 1 is 1.11 bits per heavy atom. The summed E-state index contributed by atoms with van der Waals surface area (Å²) < 4.78 is 28.8. The first-order valence-corrected chi connectivity index (χ1v) is 9.03. The Morgan fingerprint density at radius 2 is 1.78 bits per heavy atom. The van der Waals surface area contributed by atoms with Crippen LogP contribution < -0.4 is 5.46 Å². The Kier molecular flexibility index (Phi) is 3.95. The van der Waals surface area contributed by atoms with Crippen molar-refractivity contribution in [2.75, 3.05) is 0 Å². The molecule has 3 aromatic rings. The topological polar surface area (TPSA) is 49.2 Å². The van der Waals surface area contributed by atoms with Crippen molar-refractivity contribution in [2.24, 2.45) is 7.05 Å². The lowest BCUT2D eigenvalue weighted by Crippen LogP contribution is -2.41. The summed E-state index contributed by atoms with van der Waals surface area (Å²) in [6.07, 6.45) is 3.69. The number of halogens is 1. The van der Waals surface area contributed by atoms with Gasteiger partial charge < -0.3 is 9.31 Å². The van der Waals surface area contributed by atoms with Gasteiger partial charge in [-0.05, 0) is 58.4 Å². The van der Waals surface area contributed by atoms with E-state index in [2.05, 4.69) is 5.10 Å². The highest BCUT2D eigenvalue weighted by Gasteiger charge is 2.52. The van der Waals surface area contributed by atoms with Gasteiger partial charge in [-0.3, -0.25) is 4.68 Å². The Balaban J connectivity index is 1.87. The fraction of sp³-hybridized carbons (Fsp3) is 0.400. The summed E-state index contributed by atoms with van der Waals surface area (Å²) in [5.41, 5.74) is 2.74. The molecule has 0 N–H and O–H groups in total. The first kappa shape index (κ1) is 18.1. The monoisotopic (exact) mass is 367 g/mol. The summed E-state index contributed by atoms with van der Waals surface area (Å²) >= 11 is 0. The van der Waals surface area contributed by atoms with Gasteiger partial charge in [-0.25, -0.2) is 9.37 Å². The van der Waals surface area contributed by atoms with Crippen molar-refractivity contribution < 1.29 is 13.7 Å². The molecular weight excluding hydrogens is 344 g/mol. The number of rotatable bonds is 2. The average molecular weight is 367 g/mol. The molecule has 0 unspecified atom stereocenters. The number of aromatic nitrogens is 3. The van der Waals surface area contributed by atoms with Gasteiger partial charge in [0.05, 0.1) is 28.6 Å². The third-order valence-corrected chi connectivity index (χ3v) is 5.64. The molecule has 140 valence electrons. The van der Waals surface area contributed by atoms with Crippen LogP contribution in [0.3, 0.4) is 0 Å². The van der Waals surface area contributed by atoms with Crippen LogP contribution in [-0.2, 0) is 16.4 Å². The third kappa shape index (κ3) is 2.85. The van der Waals surface area contributed by atoms with E-state index < -0.39 is 18.3 Å². The summed E-state index contributed by atoms with van der Waals surface area (Å²) in [5.74, 6) is -0.351. The summed E-state index contributed by atoms with van der Waals surface area (Å²) in [5, 5.41) is 4.92. The van der Waals surface area contributed by atoms with Crippen LogP contribution in [0.25, 0.3) is 22.2 Å². The number of hydrogen-bond acceptors (Lipinski definition) is 4. The lowest BCUT2D eigenvalue weighted by molar-refractivity contribution is 0.00578. The number of hydrogen-bond donors (Lipinski definition) is 0. The Morgan fingerprint density at radius 3 is 2.37 bits per heavy atom. The zero-order valence-corrected chi connectivity index (χ0v) is 16.5. The Labute approximate surface area is 158 Å². The van der Waals surface area contributed by atoms with Gasteiger partial charge in [0.15, 0.2) is 0 Å². The highest BCUT2D eigenvalue weighted by molar-refractivity contribution is 6.65. The minimum Gasteiger partial charge on any atom is -0.399 e. The van der Waals surface area contributed by atoms with Gasteiger partial charge in [-0.15, -0.1) is 0 Å². The molecule has 1 aliphatic rings. The summed E-state index contributed by atoms with van der Waals surface area (Å²) in [6, 6.07) is 5.07. The molecule has 1 fully saturated rings. The van der Waals surface area contributed by atoms with Crippen molar-refractivity contribution in [1.82, 2.24) is 14.8 Å². The van der Waals surface area contributed by atoms with Crippen LogP contribution in [0.4, 0.5) is 4.39 Å². The molecule has 7 heteroatoms.